The minimum atomic E-state index is -3.12. The van der Waals surface area contributed by atoms with E-state index in [1.165, 1.54) is 0 Å². The van der Waals surface area contributed by atoms with Crippen molar-refractivity contribution in [3.8, 4) is 0 Å². The molecule has 0 saturated carbocycles. The largest absolute Gasteiger partial charge is 0.370 e. The van der Waals surface area contributed by atoms with Gasteiger partial charge in [-0.15, -0.1) is 0 Å². The predicted octanol–water partition coefficient (Wildman–Crippen LogP) is -0.124. The van der Waals surface area contributed by atoms with E-state index in [1.807, 2.05) is 0 Å². The van der Waals surface area contributed by atoms with Crippen LogP contribution in [0.4, 0.5) is 0 Å². The molecule has 17 heavy (non-hydrogen) atoms. The molecule has 0 aromatic heterocycles. The highest BCUT2D eigenvalue weighted by molar-refractivity contribution is 7.89. The number of aliphatic imine (C=N–C) groups is 1. The van der Waals surface area contributed by atoms with Gasteiger partial charge < -0.3 is 11.1 Å². The highest BCUT2D eigenvalue weighted by Crippen LogP contribution is 1.97. The molecule has 102 valence electrons. The molecule has 7 heteroatoms. The fourth-order valence-corrected chi connectivity index (χ4v) is 1.62. The van der Waals surface area contributed by atoms with Gasteiger partial charge in [0.2, 0.25) is 10.0 Å². The van der Waals surface area contributed by atoms with Crippen molar-refractivity contribution in [2.45, 2.75) is 27.2 Å². The third-order valence-electron chi connectivity index (χ3n) is 2.12. The van der Waals surface area contributed by atoms with Gasteiger partial charge in [-0.1, -0.05) is 13.8 Å². The lowest BCUT2D eigenvalue weighted by atomic mass is 10.1. The van der Waals surface area contributed by atoms with Crippen LogP contribution in [0.1, 0.15) is 27.2 Å². The van der Waals surface area contributed by atoms with E-state index in [0.717, 1.165) is 6.42 Å². The molecule has 0 bridgehead atoms. The van der Waals surface area contributed by atoms with Crippen LogP contribution in [0.25, 0.3) is 0 Å². The van der Waals surface area contributed by atoms with Crippen molar-refractivity contribution < 1.29 is 8.42 Å². The third kappa shape index (κ3) is 10.1. The van der Waals surface area contributed by atoms with Gasteiger partial charge in [0.1, 0.15) is 0 Å². The zero-order chi connectivity index (χ0) is 13.3. The van der Waals surface area contributed by atoms with Crippen molar-refractivity contribution >= 4 is 16.0 Å². The van der Waals surface area contributed by atoms with Crippen LogP contribution in [0, 0.1) is 5.92 Å². The molecule has 0 aromatic rings. The van der Waals surface area contributed by atoms with Gasteiger partial charge in [0.25, 0.3) is 0 Å². The maximum atomic E-state index is 11.1. The molecule has 0 amide bonds. The Kier molecular flexibility index (Phi) is 7.90. The lowest BCUT2D eigenvalue weighted by Gasteiger charge is -2.07. The molecule has 0 atom stereocenters. The number of nitrogens with zero attached hydrogens (tertiary/aromatic N) is 1. The monoisotopic (exact) mass is 264 g/mol. The second-order valence-electron chi connectivity index (χ2n) is 4.17. The summed E-state index contributed by atoms with van der Waals surface area (Å²) in [7, 11) is -3.12. The summed E-state index contributed by atoms with van der Waals surface area (Å²) in [6.45, 7) is 7.29. The SMILES string of the molecule is CCS(=O)(=O)NCCNC(N)=NCCC(C)C. The number of rotatable bonds is 8. The van der Waals surface area contributed by atoms with E-state index in [0.29, 0.717) is 31.5 Å². The number of hydrogen-bond donors (Lipinski definition) is 3. The van der Waals surface area contributed by atoms with E-state index < -0.39 is 10.0 Å². The van der Waals surface area contributed by atoms with Crippen LogP contribution in [0.15, 0.2) is 4.99 Å². The standard InChI is InChI=1S/C10H24N4O2S/c1-4-17(15,16)14-8-7-13-10(11)12-6-5-9(2)3/h9,14H,4-8H2,1-3H3,(H3,11,12,13). The zero-order valence-electron chi connectivity index (χ0n) is 10.9. The summed E-state index contributed by atoms with van der Waals surface area (Å²) < 4.78 is 24.6. The second-order valence-corrected chi connectivity index (χ2v) is 6.27. The van der Waals surface area contributed by atoms with Crippen LogP contribution >= 0.6 is 0 Å². The molecule has 0 fully saturated rings. The lowest BCUT2D eigenvalue weighted by molar-refractivity contribution is 0.581. The first-order valence-corrected chi connectivity index (χ1v) is 7.53. The Bertz CT molecular complexity index is 325. The average Bonchev–Trinajstić information content (AvgIpc) is 2.24. The molecule has 0 heterocycles. The Morgan fingerprint density at radius 3 is 2.53 bits per heavy atom. The van der Waals surface area contributed by atoms with E-state index >= 15 is 0 Å². The van der Waals surface area contributed by atoms with E-state index in [9.17, 15) is 8.42 Å². The third-order valence-corrected chi connectivity index (χ3v) is 3.53. The number of nitrogens with one attached hydrogen (secondary N) is 2. The molecule has 0 rings (SSSR count). The summed E-state index contributed by atoms with van der Waals surface area (Å²) in [4.78, 5) is 4.12. The lowest BCUT2D eigenvalue weighted by Crippen LogP contribution is -2.38. The first-order valence-electron chi connectivity index (χ1n) is 5.88. The summed E-state index contributed by atoms with van der Waals surface area (Å²) in [5.74, 6) is 1.05. The Morgan fingerprint density at radius 1 is 1.35 bits per heavy atom. The van der Waals surface area contributed by atoms with E-state index in [4.69, 9.17) is 5.73 Å². The average molecular weight is 264 g/mol. The Hall–Kier alpha value is -0.820. The van der Waals surface area contributed by atoms with E-state index in [2.05, 4.69) is 28.9 Å². The topological polar surface area (TPSA) is 96.6 Å². The normalized spacial score (nSPS) is 13.1. The Balaban J connectivity index is 3.68. The summed E-state index contributed by atoms with van der Waals surface area (Å²) >= 11 is 0. The van der Waals surface area contributed by atoms with Gasteiger partial charge in [-0.3, -0.25) is 4.99 Å². The number of hydrogen-bond acceptors (Lipinski definition) is 3. The highest BCUT2D eigenvalue weighted by Gasteiger charge is 2.04. The minimum absolute atomic E-state index is 0.0883. The van der Waals surface area contributed by atoms with Gasteiger partial charge in [0.05, 0.1) is 5.75 Å². The first kappa shape index (κ1) is 16.2. The van der Waals surface area contributed by atoms with E-state index in [1.54, 1.807) is 6.92 Å². The smallest absolute Gasteiger partial charge is 0.211 e. The van der Waals surface area contributed by atoms with Crippen LogP contribution in [0.2, 0.25) is 0 Å². The molecule has 0 aliphatic heterocycles. The van der Waals surface area contributed by atoms with Gasteiger partial charge >= 0.3 is 0 Å². The molecular weight excluding hydrogens is 240 g/mol. The molecule has 0 radical (unpaired) electrons. The first-order chi connectivity index (χ1) is 7.87. The highest BCUT2D eigenvalue weighted by atomic mass is 32.2. The van der Waals surface area contributed by atoms with Crippen LogP contribution in [-0.4, -0.2) is 39.8 Å². The molecule has 0 aliphatic carbocycles. The Morgan fingerprint density at radius 2 is 2.00 bits per heavy atom. The quantitative estimate of drug-likeness (QED) is 0.323. The van der Waals surface area contributed by atoms with Crippen LogP contribution in [-0.2, 0) is 10.0 Å². The fourth-order valence-electron chi connectivity index (χ4n) is 0.998. The summed E-state index contributed by atoms with van der Waals surface area (Å²) in [5.41, 5.74) is 5.60. The summed E-state index contributed by atoms with van der Waals surface area (Å²) in [6.07, 6.45) is 0.991. The van der Waals surface area contributed by atoms with Gasteiger partial charge in [-0.25, -0.2) is 13.1 Å². The van der Waals surface area contributed by atoms with Gasteiger partial charge in [-0.05, 0) is 19.3 Å². The molecule has 0 saturated heterocycles. The van der Waals surface area contributed by atoms with Crippen LogP contribution < -0.4 is 15.8 Å². The van der Waals surface area contributed by atoms with Crippen LogP contribution in [0.5, 0.6) is 0 Å². The number of nitrogens with two attached hydrogens (primary N) is 1. The second kappa shape index (κ2) is 8.30. The zero-order valence-corrected chi connectivity index (χ0v) is 11.7. The van der Waals surface area contributed by atoms with Gasteiger partial charge in [0, 0.05) is 19.6 Å². The molecule has 0 aromatic carbocycles. The molecule has 0 spiro atoms. The minimum Gasteiger partial charge on any atom is -0.370 e. The predicted molar refractivity (Wildman–Crippen MR) is 71.4 cm³/mol. The molecule has 6 nitrogen and oxygen atoms in total. The summed E-state index contributed by atoms with van der Waals surface area (Å²) in [5, 5.41) is 2.85. The molecule has 0 unspecified atom stereocenters. The maximum Gasteiger partial charge on any atom is 0.211 e. The fraction of sp³-hybridized carbons (Fsp3) is 0.900. The van der Waals surface area contributed by atoms with Gasteiger partial charge in [-0.2, -0.15) is 0 Å². The summed E-state index contributed by atoms with van der Waals surface area (Å²) in [6, 6.07) is 0. The Labute approximate surface area is 104 Å². The van der Waals surface area contributed by atoms with Crippen molar-refractivity contribution in [2.75, 3.05) is 25.4 Å². The van der Waals surface area contributed by atoms with Crippen molar-refractivity contribution in [3.05, 3.63) is 0 Å². The maximum absolute atomic E-state index is 11.1. The molecular formula is C10H24N4O2S. The number of sulfonamides is 1. The van der Waals surface area contributed by atoms with Crippen molar-refractivity contribution in [2.24, 2.45) is 16.6 Å². The van der Waals surface area contributed by atoms with E-state index in [-0.39, 0.29) is 5.75 Å². The van der Waals surface area contributed by atoms with Crippen LogP contribution in [0.3, 0.4) is 0 Å². The number of guanidine groups is 1. The van der Waals surface area contributed by atoms with Gasteiger partial charge in [0.15, 0.2) is 5.96 Å². The molecule has 0 aliphatic rings. The van der Waals surface area contributed by atoms with Crippen molar-refractivity contribution in [3.63, 3.8) is 0 Å². The van der Waals surface area contributed by atoms with Crippen molar-refractivity contribution in [1.29, 1.82) is 0 Å². The van der Waals surface area contributed by atoms with Crippen molar-refractivity contribution in [1.82, 2.24) is 10.0 Å². The molecule has 4 N–H and O–H groups in total.